The van der Waals surface area contributed by atoms with Crippen molar-refractivity contribution in [1.29, 1.82) is 0 Å². The van der Waals surface area contributed by atoms with E-state index in [1.807, 2.05) is 30.8 Å². The molecule has 2 aromatic rings. The largest absolute Gasteiger partial charge is 0.365 e. The molecule has 5 heteroatoms. The van der Waals surface area contributed by atoms with Crippen molar-refractivity contribution in [1.82, 2.24) is 19.9 Å². The van der Waals surface area contributed by atoms with E-state index in [1.54, 1.807) is 12.4 Å². The summed E-state index contributed by atoms with van der Waals surface area (Å²) in [4.78, 5) is 19.7. The topological polar surface area (TPSA) is 62.7 Å². The van der Waals surface area contributed by atoms with Gasteiger partial charge in [-0.25, -0.2) is 4.98 Å². The van der Waals surface area contributed by atoms with Gasteiger partial charge in [-0.1, -0.05) is 0 Å². The predicted molar refractivity (Wildman–Crippen MR) is 71.7 cm³/mol. The highest BCUT2D eigenvalue weighted by atomic mass is 16.1. The molecule has 19 heavy (non-hydrogen) atoms. The van der Waals surface area contributed by atoms with E-state index < -0.39 is 0 Å². The van der Waals surface area contributed by atoms with Crippen molar-refractivity contribution in [3.8, 4) is 0 Å². The summed E-state index contributed by atoms with van der Waals surface area (Å²) in [6.45, 7) is 1.90. The van der Waals surface area contributed by atoms with Crippen molar-refractivity contribution in [2.24, 2.45) is 13.0 Å². The second kappa shape index (κ2) is 4.57. The lowest BCUT2D eigenvalue weighted by Gasteiger charge is -2.18. The Morgan fingerprint density at radius 1 is 1.58 bits per heavy atom. The summed E-state index contributed by atoms with van der Waals surface area (Å²) in [5.74, 6) is 1.42. The molecule has 2 heterocycles. The Hall–Kier alpha value is -2.04. The number of H-pyrrole nitrogens is 1. The van der Waals surface area contributed by atoms with Crippen LogP contribution in [0.15, 0.2) is 24.7 Å². The van der Waals surface area contributed by atoms with Crippen LogP contribution in [0.2, 0.25) is 0 Å². The highest BCUT2D eigenvalue weighted by Gasteiger charge is 2.36. The fourth-order valence-electron chi connectivity index (χ4n) is 2.42. The van der Waals surface area contributed by atoms with Gasteiger partial charge in [-0.15, -0.1) is 0 Å². The van der Waals surface area contributed by atoms with Gasteiger partial charge in [-0.2, -0.15) is 0 Å². The molecule has 0 bridgehead atoms. The molecule has 1 saturated carbocycles. The SMILES string of the molecule is Cc1[nH]ccc1C(=O)N[C@H](c1nccn1C)C1CC1. The Kier molecular flexibility index (Phi) is 2.89. The highest BCUT2D eigenvalue weighted by molar-refractivity contribution is 5.95. The average Bonchev–Trinajstić information content (AvgIpc) is 3.00. The minimum Gasteiger partial charge on any atom is -0.365 e. The first-order valence-corrected chi connectivity index (χ1v) is 6.59. The van der Waals surface area contributed by atoms with E-state index >= 15 is 0 Å². The Morgan fingerprint density at radius 2 is 2.37 bits per heavy atom. The van der Waals surface area contributed by atoms with E-state index in [4.69, 9.17) is 0 Å². The molecule has 1 amide bonds. The molecule has 3 rings (SSSR count). The van der Waals surface area contributed by atoms with Crippen LogP contribution in [0.5, 0.6) is 0 Å². The normalized spacial score (nSPS) is 16.3. The van der Waals surface area contributed by atoms with Gasteiger partial charge >= 0.3 is 0 Å². The Balaban J connectivity index is 1.81. The molecular weight excluding hydrogens is 240 g/mol. The summed E-state index contributed by atoms with van der Waals surface area (Å²) in [7, 11) is 1.96. The number of imidazole rings is 1. The molecular formula is C14H18N4O. The molecule has 100 valence electrons. The molecule has 0 radical (unpaired) electrons. The molecule has 2 N–H and O–H groups in total. The van der Waals surface area contributed by atoms with Gasteiger partial charge in [0.05, 0.1) is 11.6 Å². The van der Waals surface area contributed by atoms with Gasteiger partial charge in [0.1, 0.15) is 5.82 Å². The second-order valence-electron chi connectivity index (χ2n) is 5.20. The monoisotopic (exact) mass is 258 g/mol. The number of nitrogens with zero attached hydrogens (tertiary/aromatic N) is 2. The quantitative estimate of drug-likeness (QED) is 0.880. The number of carbonyl (C=O) groups is 1. The van der Waals surface area contributed by atoms with Crippen LogP contribution in [0.4, 0.5) is 0 Å². The number of aryl methyl sites for hydroxylation is 2. The molecule has 1 aliphatic rings. The van der Waals surface area contributed by atoms with Gasteiger partial charge in [-0.05, 0) is 31.7 Å². The summed E-state index contributed by atoms with van der Waals surface area (Å²) >= 11 is 0. The maximum Gasteiger partial charge on any atom is 0.253 e. The maximum atomic E-state index is 12.3. The van der Waals surface area contributed by atoms with Gasteiger partial charge in [0.15, 0.2) is 0 Å². The molecule has 0 aliphatic heterocycles. The van der Waals surface area contributed by atoms with Crippen LogP contribution >= 0.6 is 0 Å². The van der Waals surface area contributed by atoms with E-state index in [2.05, 4.69) is 15.3 Å². The summed E-state index contributed by atoms with van der Waals surface area (Å²) < 4.78 is 1.98. The van der Waals surface area contributed by atoms with E-state index in [0.717, 1.165) is 24.4 Å². The van der Waals surface area contributed by atoms with Gasteiger partial charge in [0.25, 0.3) is 5.91 Å². The third-order valence-corrected chi connectivity index (χ3v) is 3.72. The summed E-state index contributed by atoms with van der Waals surface area (Å²) in [5, 5.41) is 3.12. The van der Waals surface area contributed by atoms with Crippen LogP contribution in [0, 0.1) is 12.8 Å². The molecule has 0 aromatic carbocycles. The van der Waals surface area contributed by atoms with E-state index in [0.29, 0.717) is 11.5 Å². The molecule has 1 aliphatic carbocycles. The number of nitrogens with one attached hydrogen (secondary N) is 2. The van der Waals surface area contributed by atoms with E-state index in [-0.39, 0.29) is 11.9 Å². The van der Waals surface area contributed by atoms with Crippen molar-refractivity contribution >= 4 is 5.91 Å². The Bertz CT molecular complexity index is 594. The molecule has 1 atom stereocenters. The van der Waals surface area contributed by atoms with Crippen molar-refractivity contribution in [3.63, 3.8) is 0 Å². The van der Waals surface area contributed by atoms with Crippen molar-refractivity contribution in [2.75, 3.05) is 0 Å². The maximum absolute atomic E-state index is 12.3. The van der Waals surface area contributed by atoms with E-state index in [9.17, 15) is 4.79 Å². The zero-order valence-corrected chi connectivity index (χ0v) is 11.2. The minimum atomic E-state index is -0.0290. The average molecular weight is 258 g/mol. The zero-order valence-electron chi connectivity index (χ0n) is 11.2. The number of hydrogen-bond donors (Lipinski definition) is 2. The number of rotatable bonds is 4. The molecule has 0 unspecified atom stereocenters. The lowest BCUT2D eigenvalue weighted by atomic mass is 10.1. The number of aromatic nitrogens is 3. The smallest absolute Gasteiger partial charge is 0.253 e. The summed E-state index contributed by atoms with van der Waals surface area (Å²) in [6.07, 6.45) is 7.79. The van der Waals surface area contributed by atoms with Crippen molar-refractivity contribution in [2.45, 2.75) is 25.8 Å². The molecule has 2 aromatic heterocycles. The van der Waals surface area contributed by atoms with Gasteiger partial charge in [0, 0.05) is 31.3 Å². The van der Waals surface area contributed by atoms with Gasteiger partial charge in [-0.3, -0.25) is 4.79 Å². The van der Waals surface area contributed by atoms with Crippen LogP contribution < -0.4 is 5.32 Å². The first-order valence-electron chi connectivity index (χ1n) is 6.59. The first kappa shape index (κ1) is 12.0. The van der Waals surface area contributed by atoms with Crippen LogP contribution in [-0.2, 0) is 7.05 Å². The predicted octanol–water partition coefficient (Wildman–Crippen LogP) is 1.94. The van der Waals surface area contributed by atoms with Crippen molar-refractivity contribution in [3.05, 3.63) is 41.7 Å². The summed E-state index contributed by atoms with van der Waals surface area (Å²) in [5.41, 5.74) is 1.60. The second-order valence-corrected chi connectivity index (χ2v) is 5.20. The van der Waals surface area contributed by atoms with Crippen LogP contribution in [0.25, 0.3) is 0 Å². The fraction of sp³-hybridized carbons (Fsp3) is 0.429. The molecule has 0 spiro atoms. The minimum absolute atomic E-state index is 0.0156. The lowest BCUT2D eigenvalue weighted by molar-refractivity contribution is 0.0928. The van der Waals surface area contributed by atoms with Gasteiger partial charge in [0.2, 0.25) is 0 Å². The molecule has 0 saturated heterocycles. The molecule has 1 fully saturated rings. The number of carbonyl (C=O) groups excluding carboxylic acids is 1. The Labute approximate surface area is 112 Å². The van der Waals surface area contributed by atoms with Crippen LogP contribution in [0.1, 0.15) is 40.8 Å². The third-order valence-electron chi connectivity index (χ3n) is 3.72. The number of aromatic amines is 1. The Morgan fingerprint density at radius 3 is 2.89 bits per heavy atom. The summed E-state index contributed by atoms with van der Waals surface area (Å²) in [6, 6.07) is 1.83. The van der Waals surface area contributed by atoms with Crippen molar-refractivity contribution < 1.29 is 4.79 Å². The number of hydrogen-bond acceptors (Lipinski definition) is 2. The lowest BCUT2D eigenvalue weighted by Crippen LogP contribution is -2.31. The van der Waals surface area contributed by atoms with Crippen LogP contribution in [-0.4, -0.2) is 20.4 Å². The molecule has 5 nitrogen and oxygen atoms in total. The zero-order chi connectivity index (χ0) is 13.4. The van der Waals surface area contributed by atoms with Crippen LogP contribution in [0.3, 0.4) is 0 Å². The number of amides is 1. The highest BCUT2D eigenvalue weighted by Crippen LogP contribution is 2.40. The third kappa shape index (κ3) is 2.28. The standard InChI is InChI=1S/C14H18N4O/c1-9-11(5-6-15-9)14(19)17-12(10-3-4-10)13-16-7-8-18(13)2/h5-8,10,12,15H,3-4H2,1-2H3,(H,17,19)/t12-/m0/s1. The van der Waals surface area contributed by atoms with Gasteiger partial charge < -0.3 is 14.9 Å². The first-order chi connectivity index (χ1) is 9.16. The van der Waals surface area contributed by atoms with E-state index in [1.165, 1.54) is 0 Å². The fourth-order valence-corrected chi connectivity index (χ4v) is 2.42.